The first-order valence-electron chi connectivity index (χ1n) is 11.2. The van der Waals surface area contributed by atoms with Crippen molar-refractivity contribution >= 4 is 35.3 Å². The second kappa shape index (κ2) is 12.1. The van der Waals surface area contributed by atoms with Gasteiger partial charge in [-0.3, -0.25) is 14.4 Å². The standard InChI is InChI=1S/C27H28N4O4/c1-4-21-9-5-6-11-24(21)30-26(33)27(34)31-28-16-20-8-7-10-23(15-20)35-17-25(32)29-22-13-18(2)12-19(3)14-22/h5-16H,4,17H2,1-3H3,(H,29,32)(H,30,33)(H,31,34)/b28-16-. The number of nitrogens with zero attached hydrogens (tertiary/aromatic N) is 1. The third-order valence-corrected chi connectivity index (χ3v) is 4.97. The third kappa shape index (κ3) is 7.82. The van der Waals surface area contributed by atoms with E-state index in [1.807, 2.05) is 51.1 Å². The molecule has 0 heterocycles. The molecule has 3 rings (SSSR count). The van der Waals surface area contributed by atoms with Crippen molar-refractivity contribution in [3.05, 3.63) is 89.0 Å². The largest absolute Gasteiger partial charge is 0.484 e. The minimum Gasteiger partial charge on any atom is -0.484 e. The van der Waals surface area contributed by atoms with Crippen LogP contribution in [0, 0.1) is 13.8 Å². The molecule has 3 aromatic carbocycles. The molecule has 35 heavy (non-hydrogen) atoms. The summed E-state index contributed by atoms with van der Waals surface area (Å²) in [5, 5.41) is 9.24. The van der Waals surface area contributed by atoms with Crippen molar-refractivity contribution in [1.29, 1.82) is 0 Å². The maximum atomic E-state index is 12.2. The zero-order valence-electron chi connectivity index (χ0n) is 19.9. The van der Waals surface area contributed by atoms with Gasteiger partial charge in [0.1, 0.15) is 5.75 Å². The van der Waals surface area contributed by atoms with Crippen molar-refractivity contribution in [2.45, 2.75) is 27.2 Å². The average Bonchev–Trinajstić information content (AvgIpc) is 2.82. The zero-order valence-corrected chi connectivity index (χ0v) is 19.9. The number of carbonyl (C=O) groups excluding carboxylic acids is 3. The minimum atomic E-state index is -0.886. The molecular formula is C27H28N4O4. The smallest absolute Gasteiger partial charge is 0.329 e. The minimum absolute atomic E-state index is 0.163. The molecule has 0 unspecified atom stereocenters. The highest BCUT2D eigenvalue weighted by Crippen LogP contribution is 2.16. The molecule has 0 bridgehead atoms. The predicted octanol–water partition coefficient (Wildman–Crippen LogP) is 3.97. The van der Waals surface area contributed by atoms with Crippen molar-refractivity contribution in [3.63, 3.8) is 0 Å². The molecule has 3 amide bonds. The molecular weight excluding hydrogens is 444 g/mol. The molecule has 0 saturated carbocycles. The average molecular weight is 473 g/mol. The normalized spacial score (nSPS) is 10.6. The van der Waals surface area contributed by atoms with E-state index in [0.717, 1.165) is 28.8 Å². The van der Waals surface area contributed by atoms with Gasteiger partial charge in [0, 0.05) is 11.4 Å². The Morgan fingerprint density at radius 3 is 2.37 bits per heavy atom. The Hall–Kier alpha value is -4.46. The molecule has 0 aromatic heterocycles. The lowest BCUT2D eigenvalue weighted by molar-refractivity contribution is -0.136. The summed E-state index contributed by atoms with van der Waals surface area (Å²) < 4.78 is 5.57. The van der Waals surface area contributed by atoms with Crippen LogP contribution in [0.2, 0.25) is 0 Å². The first-order chi connectivity index (χ1) is 16.8. The third-order valence-electron chi connectivity index (χ3n) is 4.97. The molecule has 0 spiro atoms. The van der Waals surface area contributed by atoms with E-state index < -0.39 is 11.8 Å². The molecule has 0 fully saturated rings. The van der Waals surface area contributed by atoms with Crippen molar-refractivity contribution in [1.82, 2.24) is 5.43 Å². The van der Waals surface area contributed by atoms with E-state index in [1.54, 1.807) is 36.4 Å². The fourth-order valence-corrected chi connectivity index (χ4v) is 3.42. The van der Waals surface area contributed by atoms with Crippen LogP contribution in [0.4, 0.5) is 11.4 Å². The van der Waals surface area contributed by atoms with Gasteiger partial charge >= 0.3 is 11.8 Å². The summed E-state index contributed by atoms with van der Waals surface area (Å²) >= 11 is 0. The van der Waals surface area contributed by atoms with Gasteiger partial charge in [-0.15, -0.1) is 0 Å². The van der Waals surface area contributed by atoms with Crippen LogP contribution in [-0.4, -0.2) is 30.5 Å². The van der Waals surface area contributed by atoms with Crippen molar-refractivity contribution in [2.24, 2.45) is 5.10 Å². The van der Waals surface area contributed by atoms with E-state index in [-0.39, 0.29) is 12.5 Å². The SMILES string of the molecule is CCc1ccccc1NC(=O)C(=O)N/N=C\c1cccc(OCC(=O)Nc2cc(C)cc(C)c2)c1. The van der Waals surface area contributed by atoms with E-state index in [4.69, 9.17) is 4.74 Å². The number of para-hydroxylation sites is 1. The van der Waals surface area contributed by atoms with Crippen LogP contribution in [0.15, 0.2) is 71.8 Å². The van der Waals surface area contributed by atoms with Crippen LogP contribution in [0.1, 0.15) is 29.2 Å². The summed E-state index contributed by atoms with van der Waals surface area (Å²) in [4.78, 5) is 36.4. The Morgan fingerprint density at radius 1 is 0.886 bits per heavy atom. The van der Waals surface area contributed by atoms with Gasteiger partial charge < -0.3 is 15.4 Å². The molecule has 0 radical (unpaired) electrons. The first-order valence-corrected chi connectivity index (χ1v) is 11.2. The second-order valence-electron chi connectivity index (χ2n) is 7.95. The van der Waals surface area contributed by atoms with Gasteiger partial charge in [-0.1, -0.05) is 43.3 Å². The highest BCUT2D eigenvalue weighted by Gasteiger charge is 2.14. The summed E-state index contributed by atoms with van der Waals surface area (Å²) in [5.41, 5.74) is 7.18. The van der Waals surface area contributed by atoms with Crippen LogP contribution < -0.4 is 20.8 Å². The van der Waals surface area contributed by atoms with Crippen molar-refractivity contribution in [3.8, 4) is 5.75 Å². The highest BCUT2D eigenvalue weighted by atomic mass is 16.5. The van der Waals surface area contributed by atoms with Gasteiger partial charge in [-0.05, 0) is 72.9 Å². The van der Waals surface area contributed by atoms with Crippen LogP contribution in [-0.2, 0) is 20.8 Å². The molecule has 0 saturated heterocycles. The van der Waals surface area contributed by atoms with Gasteiger partial charge in [0.25, 0.3) is 5.91 Å². The van der Waals surface area contributed by atoms with E-state index >= 15 is 0 Å². The lowest BCUT2D eigenvalue weighted by Gasteiger charge is -2.09. The topological polar surface area (TPSA) is 109 Å². The number of rotatable bonds is 8. The van der Waals surface area contributed by atoms with Gasteiger partial charge in [-0.25, -0.2) is 5.43 Å². The van der Waals surface area contributed by atoms with Gasteiger partial charge in [0.15, 0.2) is 6.61 Å². The number of carbonyl (C=O) groups is 3. The summed E-state index contributed by atoms with van der Waals surface area (Å²) in [7, 11) is 0. The Labute approximate surface area is 204 Å². The quantitative estimate of drug-likeness (QED) is 0.262. The Balaban J connectivity index is 1.50. The number of amides is 3. The van der Waals surface area contributed by atoms with E-state index in [1.165, 1.54) is 6.21 Å². The number of aryl methyl sites for hydroxylation is 3. The summed E-state index contributed by atoms with van der Waals surface area (Å²) in [5.74, 6) is -1.51. The van der Waals surface area contributed by atoms with E-state index in [0.29, 0.717) is 17.0 Å². The molecule has 180 valence electrons. The number of hydrogen-bond acceptors (Lipinski definition) is 5. The number of hydrogen-bond donors (Lipinski definition) is 3. The summed E-state index contributed by atoms with van der Waals surface area (Å²) in [6, 6.07) is 19.9. The van der Waals surface area contributed by atoms with Crippen LogP contribution in [0.5, 0.6) is 5.75 Å². The van der Waals surface area contributed by atoms with Gasteiger partial charge in [0.2, 0.25) is 0 Å². The van der Waals surface area contributed by atoms with Crippen molar-refractivity contribution < 1.29 is 19.1 Å². The molecule has 0 atom stereocenters. The predicted molar refractivity (Wildman–Crippen MR) is 137 cm³/mol. The molecule has 0 aliphatic heterocycles. The van der Waals surface area contributed by atoms with Crippen LogP contribution >= 0.6 is 0 Å². The number of nitrogens with one attached hydrogen (secondary N) is 3. The monoisotopic (exact) mass is 472 g/mol. The molecule has 3 aromatic rings. The van der Waals surface area contributed by atoms with Crippen molar-refractivity contribution in [2.75, 3.05) is 17.2 Å². The fourth-order valence-electron chi connectivity index (χ4n) is 3.42. The molecule has 8 nitrogen and oxygen atoms in total. The zero-order chi connectivity index (χ0) is 25.2. The van der Waals surface area contributed by atoms with Gasteiger partial charge in [0.05, 0.1) is 6.21 Å². The van der Waals surface area contributed by atoms with Crippen LogP contribution in [0.25, 0.3) is 0 Å². The fraction of sp³-hybridized carbons (Fsp3) is 0.185. The lowest BCUT2D eigenvalue weighted by Crippen LogP contribution is -2.32. The number of benzene rings is 3. The Kier molecular flexibility index (Phi) is 8.72. The second-order valence-corrected chi connectivity index (χ2v) is 7.95. The molecule has 0 aliphatic rings. The first kappa shape index (κ1) is 25.2. The molecule has 0 aliphatic carbocycles. The number of anilines is 2. The Bertz CT molecular complexity index is 1230. The molecule has 8 heteroatoms. The maximum Gasteiger partial charge on any atom is 0.329 e. The summed E-state index contributed by atoms with van der Waals surface area (Å²) in [6.45, 7) is 5.73. The van der Waals surface area contributed by atoms with E-state index in [2.05, 4.69) is 21.2 Å². The maximum absolute atomic E-state index is 12.2. The van der Waals surface area contributed by atoms with Gasteiger partial charge in [-0.2, -0.15) is 5.10 Å². The molecule has 3 N–H and O–H groups in total. The number of hydrazone groups is 1. The Morgan fingerprint density at radius 2 is 1.63 bits per heavy atom. The number of ether oxygens (including phenoxy) is 1. The summed E-state index contributed by atoms with van der Waals surface area (Å²) in [6.07, 6.45) is 2.11. The van der Waals surface area contributed by atoms with Crippen LogP contribution in [0.3, 0.4) is 0 Å². The highest BCUT2D eigenvalue weighted by molar-refractivity contribution is 6.39. The lowest BCUT2D eigenvalue weighted by atomic mass is 10.1. The van der Waals surface area contributed by atoms with E-state index in [9.17, 15) is 14.4 Å².